The predicted octanol–water partition coefficient (Wildman–Crippen LogP) is 3.55. The Morgan fingerprint density at radius 3 is 2.52 bits per heavy atom. The van der Waals surface area contributed by atoms with E-state index in [-0.39, 0.29) is 11.4 Å². The largest absolute Gasteiger partial charge is 0.338 e. The van der Waals surface area contributed by atoms with Gasteiger partial charge >= 0.3 is 6.03 Å². The first-order valence-electron chi connectivity index (χ1n) is 7.65. The number of aromatic nitrogens is 1. The number of hydrogen-bond acceptors (Lipinski definition) is 2. The average Bonchev–Trinajstić information content (AvgIpc) is 2.54. The molecule has 0 saturated carbocycles. The number of rotatable bonds is 6. The highest BCUT2D eigenvalue weighted by Crippen LogP contribution is 2.23. The van der Waals surface area contributed by atoms with Gasteiger partial charge in [-0.1, -0.05) is 43.6 Å². The van der Waals surface area contributed by atoms with E-state index in [0.29, 0.717) is 18.1 Å². The molecule has 2 aromatic rings. The third-order valence-corrected chi connectivity index (χ3v) is 3.96. The number of halogens is 1. The molecule has 0 aliphatic heterocycles. The molecule has 0 aliphatic carbocycles. The summed E-state index contributed by atoms with van der Waals surface area (Å²) in [6.07, 6.45) is 2.47. The molecule has 2 N–H and O–H groups in total. The van der Waals surface area contributed by atoms with Gasteiger partial charge in [0.25, 0.3) is 0 Å². The molecule has 4 nitrogen and oxygen atoms in total. The summed E-state index contributed by atoms with van der Waals surface area (Å²) in [5.41, 5.74) is 1.94. The van der Waals surface area contributed by atoms with Gasteiger partial charge in [0, 0.05) is 41.8 Å². The second-order valence-corrected chi connectivity index (χ2v) is 6.51. The lowest BCUT2D eigenvalue weighted by Gasteiger charge is -2.25. The number of benzene rings is 1. The molecule has 0 bridgehead atoms. The van der Waals surface area contributed by atoms with Gasteiger partial charge in [0.15, 0.2) is 0 Å². The zero-order valence-electron chi connectivity index (χ0n) is 13.5. The fourth-order valence-corrected chi connectivity index (χ4v) is 2.34. The first-order valence-corrected chi connectivity index (χ1v) is 8.03. The zero-order chi connectivity index (χ0) is 16.7. The van der Waals surface area contributed by atoms with Gasteiger partial charge in [-0.3, -0.25) is 4.98 Å². The molecule has 0 atom stereocenters. The Morgan fingerprint density at radius 1 is 1.13 bits per heavy atom. The van der Waals surface area contributed by atoms with Crippen LogP contribution < -0.4 is 10.6 Å². The van der Waals surface area contributed by atoms with Crippen LogP contribution in [0.2, 0.25) is 5.02 Å². The molecule has 0 fully saturated rings. The number of amides is 2. The van der Waals surface area contributed by atoms with Gasteiger partial charge in [0.1, 0.15) is 0 Å². The molecule has 5 heteroatoms. The predicted molar refractivity (Wildman–Crippen MR) is 93.8 cm³/mol. The molecule has 23 heavy (non-hydrogen) atoms. The smallest absolute Gasteiger partial charge is 0.314 e. The standard InChI is InChI=1S/C18H22ClN3O/c1-18(2,14-6-8-15(19)9-7-14)13-22-17(23)21-12-10-16-5-3-4-11-20-16/h3-9,11H,10,12-13H2,1-2H3,(H2,21,22,23). The maximum absolute atomic E-state index is 11.9. The quantitative estimate of drug-likeness (QED) is 0.850. The van der Waals surface area contributed by atoms with Gasteiger partial charge < -0.3 is 10.6 Å². The maximum Gasteiger partial charge on any atom is 0.314 e. The Balaban J connectivity index is 1.76. The van der Waals surface area contributed by atoms with Crippen LogP contribution >= 0.6 is 11.6 Å². The van der Waals surface area contributed by atoms with Crippen molar-refractivity contribution in [2.75, 3.05) is 13.1 Å². The van der Waals surface area contributed by atoms with Crippen LogP contribution in [-0.4, -0.2) is 24.1 Å². The summed E-state index contributed by atoms with van der Waals surface area (Å²) in [6.45, 7) is 5.28. The summed E-state index contributed by atoms with van der Waals surface area (Å²) in [5, 5.41) is 6.48. The minimum absolute atomic E-state index is 0.164. The number of hydrogen-bond donors (Lipinski definition) is 2. The Morgan fingerprint density at radius 2 is 1.87 bits per heavy atom. The highest BCUT2D eigenvalue weighted by molar-refractivity contribution is 6.30. The SMILES string of the molecule is CC(C)(CNC(=O)NCCc1ccccn1)c1ccc(Cl)cc1. The number of urea groups is 1. The molecule has 1 heterocycles. The minimum atomic E-state index is -0.164. The fourth-order valence-electron chi connectivity index (χ4n) is 2.22. The molecule has 0 radical (unpaired) electrons. The molecule has 2 rings (SSSR count). The van der Waals surface area contributed by atoms with E-state index < -0.39 is 0 Å². The van der Waals surface area contributed by atoms with E-state index in [1.165, 1.54) is 0 Å². The first kappa shape index (κ1) is 17.3. The lowest BCUT2D eigenvalue weighted by molar-refractivity contribution is 0.238. The summed E-state index contributed by atoms with van der Waals surface area (Å²) in [7, 11) is 0. The van der Waals surface area contributed by atoms with Crippen LogP contribution in [0.15, 0.2) is 48.7 Å². The Kier molecular flexibility index (Phi) is 5.99. The molecule has 1 aromatic carbocycles. The number of carbonyl (C=O) groups is 1. The van der Waals surface area contributed by atoms with E-state index in [9.17, 15) is 4.79 Å². The minimum Gasteiger partial charge on any atom is -0.338 e. The van der Waals surface area contributed by atoms with E-state index in [2.05, 4.69) is 29.5 Å². The third-order valence-electron chi connectivity index (χ3n) is 3.71. The monoisotopic (exact) mass is 331 g/mol. The van der Waals surface area contributed by atoms with E-state index in [1.807, 2.05) is 42.5 Å². The van der Waals surface area contributed by atoms with Crippen molar-refractivity contribution in [1.29, 1.82) is 0 Å². The van der Waals surface area contributed by atoms with Crippen molar-refractivity contribution in [2.24, 2.45) is 0 Å². The maximum atomic E-state index is 11.9. The van der Waals surface area contributed by atoms with Gasteiger partial charge in [0.05, 0.1) is 0 Å². The lowest BCUT2D eigenvalue weighted by Crippen LogP contribution is -2.42. The summed E-state index contributed by atoms with van der Waals surface area (Å²) >= 11 is 5.91. The van der Waals surface area contributed by atoms with Crippen LogP contribution in [0.3, 0.4) is 0 Å². The molecule has 0 aliphatic rings. The van der Waals surface area contributed by atoms with Gasteiger partial charge in [-0.2, -0.15) is 0 Å². The molecular formula is C18H22ClN3O. The molecule has 1 aromatic heterocycles. The van der Waals surface area contributed by atoms with Crippen molar-refractivity contribution >= 4 is 17.6 Å². The Labute approximate surface area is 142 Å². The molecule has 0 saturated heterocycles. The summed E-state index contributed by atoms with van der Waals surface area (Å²) in [5.74, 6) is 0. The third kappa shape index (κ3) is 5.57. The summed E-state index contributed by atoms with van der Waals surface area (Å²) in [6, 6.07) is 13.3. The lowest BCUT2D eigenvalue weighted by atomic mass is 9.85. The van der Waals surface area contributed by atoms with Gasteiger partial charge in [-0.25, -0.2) is 4.79 Å². The molecule has 0 unspecified atom stereocenters. The fraction of sp³-hybridized carbons (Fsp3) is 0.333. The molecule has 2 amide bonds. The zero-order valence-corrected chi connectivity index (χ0v) is 14.2. The number of pyridine rings is 1. The number of carbonyl (C=O) groups excluding carboxylic acids is 1. The van der Waals surface area contributed by atoms with Crippen LogP contribution in [0.25, 0.3) is 0 Å². The van der Waals surface area contributed by atoms with Crippen molar-refractivity contribution in [3.63, 3.8) is 0 Å². The Hall–Kier alpha value is -2.07. The topological polar surface area (TPSA) is 54.0 Å². The van der Waals surface area contributed by atoms with Crippen molar-refractivity contribution in [1.82, 2.24) is 15.6 Å². The number of nitrogens with zero attached hydrogens (tertiary/aromatic N) is 1. The van der Waals surface area contributed by atoms with Crippen molar-refractivity contribution in [3.05, 3.63) is 64.9 Å². The Bertz CT molecular complexity index is 626. The second kappa shape index (κ2) is 7.97. The van der Waals surface area contributed by atoms with Gasteiger partial charge in [-0.15, -0.1) is 0 Å². The highest BCUT2D eigenvalue weighted by atomic mass is 35.5. The second-order valence-electron chi connectivity index (χ2n) is 6.07. The van der Waals surface area contributed by atoms with Crippen molar-refractivity contribution < 1.29 is 4.79 Å². The summed E-state index contributed by atoms with van der Waals surface area (Å²) in [4.78, 5) is 16.1. The van der Waals surface area contributed by atoms with Crippen molar-refractivity contribution in [2.45, 2.75) is 25.7 Å². The average molecular weight is 332 g/mol. The highest BCUT2D eigenvalue weighted by Gasteiger charge is 2.21. The molecule has 0 spiro atoms. The first-order chi connectivity index (χ1) is 11.0. The van der Waals surface area contributed by atoms with Crippen molar-refractivity contribution in [3.8, 4) is 0 Å². The van der Waals surface area contributed by atoms with E-state index in [4.69, 9.17) is 11.6 Å². The van der Waals surface area contributed by atoms with Gasteiger partial charge in [0.2, 0.25) is 0 Å². The van der Waals surface area contributed by atoms with Crippen LogP contribution in [0.1, 0.15) is 25.1 Å². The van der Waals surface area contributed by atoms with Crippen LogP contribution in [-0.2, 0) is 11.8 Å². The number of nitrogens with one attached hydrogen (secondary N) is 2. The van der Waals surface area contributed by atoms with Crippen LogP contribution in [0, 0.1) is 0 Å². The summed E-state index contributed by atoms with van der Waals surface area (Å²) < 4.78 is 0. The van der Waals surface area contributed by atoms with E-state index >= 15 is 0 Å². The van der Waals surface area contributed by atoms with Crippen LogP contribution in [0.5, 0.6) is 0 Å². The molecular weight excluding hydrogens is 310 g/mol. The normalized spacial score (nSPS) is 11.1. The van der Waals surface area contributed by atoms with Gasteiger partial charge in [-0.05, 0) is 29.8 Å². The van der Waals surface area contributed by atoms with E-state index in [0.717, 1.165) is 17.7 Å². The van der Waals surface area contributed by atoms with E-state index in [1.54, 1.807) is 6.20 Å². The van der Waals surface area contributed by atoms with Crippen LogP contribution in [0.4, 0.5) is 4.79 Å². The molecule has 122 valence electrons.